The van der Waals surface area contributed by atoms with Crippen LogP contribution in [0.3, 0.4) is 0 Å². The zero-order valence-electron chi connectivity index (χ0n) is 1.99. The highest BCUT2D eigenvalue weighted by Crippen LogP contribution is 0.0813. The molecule has 0 saturated carbocycles. The number of hydrogen-bond acceptors (Lipinski definition) is 0. The van der Waals surface area contributed by atoms with E-state index in [9.17, 15) is 0 Å². The Hall–Kier alpha value is 0.242. The van der Waals surface area contributed by atoms with E-state index < -0.39 is 0 Å². The fourth-order valence-electron chi connectivity index (χ4n) is 0. The molecule has 0 aliphatic carbocycles. The number of hydrogen-bond donors (Lipinski definition) is 0. The first-order valence-electron chi connectivity index (χ1n) is 0. The highest BCUT2D eigenvalue weighted by molar-refractivity contribution is 5.76. The van der Waals surface area contributed by atoms with Crippen molar-refractivity contribution < 1.29 is 5.48 Å². The maximum absolute atomic E-state index is 0. The Balaban J connectivity index is 0. The van der Waals surface area contributed by atoms with Gasteiger partial charge >= 0.3 is 0 Å². The predicted octanol–water partition coefficient (Wildman–Crippen LogP) is -0.799. The Bertz CT molecular complexity index is 8.00. The predicted molar refractivity (Wildman–Crippen MR) is 15.4 cm³/mol. The zero-order chi connectivity index (χ0) is 0. The minimum absolute atomic E-state index is 0. The summed E-state index contributed by atoms with van der Waals surface area (Å²) in [6, 6.07) is 0. The van der Waals surface area contributed by atoms with Gasteiger partial charge in [-0.05, 0) is 0 Å². The van der Waals surface area contributed by atoms with E-state index in [2.05, 4.69) is 0 Å². The Labute approximate surface area is 33.3 Å². The molecule has 17 valence electrons. The van der Waals surface area contributed by atoms with Gasteiger partial charge in [0.1, 0.15) is 0 Å². The lowest BCUT2D eigenvalue weighted by atomic mass is 10.8. The van der Waals surface area contributed by atoms with E-state index in [-0.39, 0.29) is 32.3 Å². The van der Waals surface area contributed by atoms with Gasteiger partial charge in [-0.15, -0.1) is 0 Å². The first kappa shape index (κ1) is 762. The summed E-state index contributed by atoms with van der Waals surface area (Å²) in [6.45, 7) is 0. The van der Waals surface area contributed by atoms with Crippen molar-refractivity contribution in [3.05, 3.63) is 7.43 Å². The van der Waals surface area contributed by atoms with Gasteiger partial charge in [0.25, 0.3) is 0 Å². The Morgan fingerprint density at radius 3 is 1.00 bits per heavy atom. The topological polar surface area (TPSA) is 28.5 Å². The molecule has 3 heteroatoms. The van der Waals surface area contributed by atoms with Gasteiger partial charge in [0, 0.05) is 32.3 Å². The molecular formula is CBOSi. The third kappa shape index (κ3) is 59.1. The van der Waals surface area contributed by atoms with Crippen LogP contribution in [0.25, 0.3) is 0 Å². The minimum atomic E-state index is 0. The Kier molecular flexibility index (Phi) is 53100. The lowest BCUT2D eigenvalue weighted by Crippen LogP contribution is -0.382. The lowest BCUT2D eigenvalue weighted by molar-refractivity contribution is 0.686. The molecule has 0 N–H and O–H groups in total. The molecular weight excluding hydrogens is 66.9 g/mol. The highest BCUT2D eigenvalue weighted by atomic mass is 28.1. The zero-order valence-corrected chi connectivity index (χ0v) is 2.99. The van der Waals surface area contributed by atoms with Gasteiger partial charge in [0.05, 0.1) is 0 Å². The molecule has 0 atom stereocenters. The summed E-state index contributed by atoms with van der Waals surface area (Å²) in [7, 11) is 0. The van der Waals surface area contributed by atoms with E-state index in [0.717, 1.165) is 0 Å². The molecule has 0 fully saturated rings. The van der Waals surface area contributed by atoms with Crippen LogP contribution >= 0.6 is 0 Å². The maximum atomic E-state index is 0. The van der Waals surface area contributed by atoms with E-state index in [1.54, 1.807) is 0 Å². The van der Waals surface area contributed by atoms with Crippen molar-refractivity contribution in [3.63, 3.8) is 0 Å². The summed E-state index contributed by atoms with van der Waals surface area (Å²) in [6.07, 6.45) is 0. The maximum Gasteiger partial charge on any atom is 0 e. The van der Waals surface area contributed by atoms with E-state index in [0.29, 0.717) is 0 Å². The monoisotopic (exact) mass is 67.0 g/mol. The summed E-state index contributed by atoms with van der Waals surface area (Å²) in [5, 5.41) is 0. The van der Waals surface area contributed by atoms with E-state index in [4.69, 9.17) is 0 Å². The molecule has 0 amide bonds. The van der Waals surface area contributed by atoms with Gasteiger partial charge < -0.3 is 0 Å². The van der Waals surface area contributed by atoms with Crippen LogP contribution in [0.15, 0.2) is 0 Å². The molecule has 1 nitrogen and oxygen atoms in total. The van der Waals surface area contributed by atoms with Crippen LogP contribution < -0.4 is 0 Å². The molecule has 0 aromatic carbocycles. The fourth-order valence-corrected chi connectivity index (χ4v) is 0. The first-order chi connectivity index (χ1) is 0. The van der Waals surface area contributed by atoms with Gasteiger partial charge in [-0.3, -0.25) is 0 Å². The average Bonchev–Trinajstić information content (AvgIpc) is 0. The normalized spacial score (nSPS) is 0. The molecule has 0 aliphatic rings. The smallest absolute Gasteiger partial charge is 0 e. The van der Waals surface area contributed by atoms with Crippen LogP contribution in [0.2, 0.25) is 0 Å². The third-order valence-electron chi connectivity index (χ3n) is 0. The van der Waals surface area contributed by atoms with Crippen LogP contribution in [0, 0.1) is 7.43 Å². The summed E-state index contributed by atoms with van der Waals surface area (Å²) >= 11 is 0. The van der Waals surface area contributed by atoms with Crippen LogP contribution in [-0.2, 0) is 5.48 Å². The minimum Gasteiger partial charge on any atom is 0 e. The van der Waals surface area contributed by atoms with E-state index in [1.165, 1.54) is 0 Å². The second kappa shape index (κ2) is 279. The van der Waals surface area contributed by atoms with Crippen molar-refractivity contribution in [2.45, 2.75) is 0 Å². The molecule has 0 bridgehead atoms. The Morgan fingerprint density at radius 2 is 1.00 bits per heavy atom. The molecule has 0 heterocycles. The van der Waals surface area contributed by atoms with Crippen molar-refractivity contribution in [1.29, 1.82) is 0 Å². The van der Waals surface area contributed by atoms with Crippen molar-refractivity contribution in [3.8, 4) is 0 Å². The molecule has 0 aromatic heterocycles. The molecule has 0 aliphatic heterocycles. The quantitative estimate of drug-likeness (QED) is 0.332. The standard InChI is InChI=1S/C.B.O.Si. The molecule has 4 heavy (non-hydrogen) atoms. The van der Waals surface area contributed by atoms with Gasteiger partial charge in [-0.2, -0.15) is 0 Å². The van der Waals surface area contributed by atoms with E-state index >= 15 is 0 Å². The SMILES string of the molecule is [B].[C].[O].[Si]. The molecule has 0 rings (SSSR count). The van der Waals surface area contributed by atoms with Gasteiger partial charge in [-0.25, -0.2) is 0 Å². The highest BCUT2D eigenvalue weighted by Gasteiger charge is 0.00300. The van der Waals surface area contributed by atoms with Crippen molar-refractivity contribution in [2.75, 3.05) is 0 Å². The van der Waals surface area contributed by atoms with Crippen LogP contribution in [-0.4, -0.2) is 19.4 Å². The van der Waals surface area contributed by atoms with Crippen molar-refractivity contribution in [2.24, 2.45) is 0 Å². The fraction of sp³-hybridized carbons (Fsp3) is 0. The summed E-state index contributed by atoms with van der Waals surface area (Å²) in [5.74, 6) is 0. The van der Waals surface area contributed by atoms with Gasteiger partial charge in [-0.1, -0.05) is 0 Å². The second-order valence-electron chi connectivity index (χ2n) is 0. The van der Waals surface area contributed by atoms with Crippen LogP contribution in [0.1, 0.15) is 0 Å². The van der Waals surface area contributed by atoms with E-state index in [1.807, 2.05) is 0 Å². The average molecular weight is 66.9 g/mol. The molecule has 13 radical (unpaired) electrons. The summed E-state index contributed by atoms with van der Waals surface area (Å²) < 4.78 is 0. The van der Waals surface area contributed by atoms with Crippen LogP contribution in [0.4, 0.5) is 0 Å². The molecule has 0 aromatic rings. The summed E-state index contributed by atoms with van der Waals surface area (Å²) in [5.41, 5.74) is 0. The van der Waals surface area contributed by atoms with Gasteiger partial charge in [0.15, 0.2) is 0 Å². The van der Waals surface area contributed by atoms with Crippen molar-refractivity contribution in [1.82, 2.24) is 0 Å². The summed E-state index contributed by atoms with van der Waals surface area (Å²) in [4.78, 5) is 0. The largest absolute Gasteiger partial charge is 0 e. The second-order valence-corrected chi connectivity index (χ2v) is 0. The Morgan fingerprint density at radius 1 is 1.00 bits per heavy atom. The molecule has 0 saturated heterocycles. The molecule has 0 unspecified atom stereocenters. The first-order valence-corrected chi connectivity index (χ1v) is 0. The third-order valence-corrected chi connectivity index (χ3v) is 0. The number of rotatable bonds is 0. The van der Waals surface area contributed by atoms with Gasteiger partial charge in [0.2, 0.25) is 0 Å². The lowest BCUT2D eigenvalue weighted by Gasteiger charge is -0.00100. The molecule has 0 spiro atoms. The van der Waals surface area contributed by atoms with Crippen molar-refractivity contribution >= 4 is 19.4 Å². The van der Waals surface area contributed by atoms with Crippen LogP contribution in [0.5, 0.6) is 0 Å².